The average Bonchev–Trinajstić information content (AvgIpc) is 3.10. The predicted molar refractivity (Wildman–Crippen MR) is 87.9 cm³/mol. The molecule has 3 rings (SSSR count). The maximum atomic E-state index is 13.0. The average molecular weight is 341 g/mol. The number of carbonyl (C=O) groups is 1. The van der Waals surface area contributed by atoms with Crippen molar-refractivity contribution in [1.82, 2.24) is 25.5 Å². The maximum absolute atomic E-state index is 13.0. The molecule has 0 atom stereocenters. The topological polar surface area (TPSA) is 81.9 Å². The number of amides is 1. The molecule has 0 saturated carbocycles. The number of carbonyl (C=O) groups excluding carboxylic acids is 1. The lowest BCUT2D eigenvalue weighted by Crippen LogP contribution is -2.24. The number of halogens is 1. The first kappa shape index (κ1) is 16.6. The molecule has 0 fully saturated rings. The van der Waals surface area contributed by atoms with Crippen LogP contribution in [0, 0.1) is 5.82 Å². The third-order valence-electron chi connectivity index (χ3n) is 3.44. The molecule has 0 spiro atoms. The molecular formula is C17H16FN5O2. The third-order valence-corrected chi connectivity index (χ3v) is 3.44. The van der Waals surface area contributed by atoms with E-state index < -0.39 is 0 Å². The molecule has 3 aromatic rings. The van der Waals surface area contributed by atoms with Crippen molar-refractivity contribution in [3.05, 3.63) is 65.7 Å². The molecule has 0 bridgehead atoms. The molecule has 0 unspecified atom stereocenters. The number of hydrogen-bond acceptors (Lipinski definition) is 5. The van der Waals surface area contributed by atoms with Crippen LogP contribution in [0.1, 0.15) is 23.1 Å². The highest BCUT2D eigenvalue weighted by atomic mass is 19.1. The molecule has 25 heavy (non-hydrogen) atoms. The highest BCUT2D eigenvalue weighted by molar-refractivity contribution is 5.94. The van der Waals surface area contributed by atoms with Gasteiger partial charge in [-0.2, -0.15) is 4.68 Å². The first-order chi connectivity index (χ1) is 12.2. The molecule has 2 aromatic carbocycles. The monoisotopic (exact) mass is 341 g/mol. The molecule has 0 radical (unpaired) electrons. The summed E-state index contributed by atoms with van der Waals surface area (Å²) in [7, 11) is 0. The van der Waals surface area contributed by atoms with Crippen LogP contribution in [0.25, 0.3) is 5.69 Å². The number of hydrogen-bond donors (Lipinski definition) is 1. The van der Waals surface area contributed by atoms with Crippen LogP contribution in [0.2, 0.25) is 0 Å². The molecule has 1 amide bonds. The van der Waals surface area contributed by atoms with Gasteiger partial charge in [-0.15, -0.1) is 5.10 Å². The SMILES string of the molecule is CCOc1ccc(C(=O)NCc2nnnn2-c2ccc(F)cc2)cc1. The minimum atomic E-state index is -0.345. The fraction of sp³-hybridized carbons (Fsp3) is 0.176. The summed E-state index contributed by atoms with van der Waals surface area (Å²) in [6.07, 6.45) is 0. The van der Waals surface area contributed by atoms with E-state index >= 15 is 0 Å². The number of tetrazole rings is 1. The van der Waals surface area contributed by atoms with Gasteiger partial charge in [0.05, 0.1) is 18.8 Å². The Balaban J connectivity index is 1.66. The van der Waals surface area contributed by atoms with Gasteiger partial charge in [-0.05, 0) is 65.9 Å². The summed E-state index contributed by atoms with van der Waals surface area (Å²) in [4.78, 5) is 12.2. The largest absolute Gasteiger partial charge is 0.494 e. The van der Waals surface area contributed by atoms with Crippen LogP contribution in [-0.2, 0) is 6.54 Å². The van der Waals surface area contributed by atoms with Gasteiger partial charge >= 0.3 is 0 Å². The Morgan fingerprint density at radius 1 is 1.16 bits per heavy atom. The van der Waals surface area contributed by atoms with Crippen LogP contribution in [0.4, 0.5) is 4.39 Å². The Morgan fingerprint density at radius 3 is 2.56 bits per heavy atom. The van der Waals surface area contributed by atoms with Crippen LogP contribution < -0.4 is 10.1 Å². The molecule has 0 aliphatic rings. The van der Waals surface area contributed by atoms with E-state index in [0.29, 0.717) is 29.4 Å². The van der Waals surface area contributed by atoms with E-state index in [4.69, 9.17) is 4.74 Å². The summed E-state index contributed by atoms with van der Waals surface area (Å²) in [6.45, 7) is 2.60. The van der Waals surface area contributed by atoms with Crippen LogP contribution in [0.3, 0.4) is 0 Å². The van der Waals surface area contributed by atoms with E-state index in [2.05, 4.69) is 20.8 Å². The van der Waals surface area contributed by atoms with Gasteiger partial charge in [0, 0.05) is 5.56 Å². The van der Waals surface area contributed by atoms with Crippen LogP contribution >= 0.6 is 0 Å². The van der Waals surface area contributed by atoms with E-state index in [0.717, 1.165) is 0 Å². The predicted octanol–water partition coefficient (Wildman–Crippen LogP) is 2.13. The Kier molecular flexibility index (Phi) is 4.98. The first-order valence-electron chi connectivity index (χ1n) is 7.71. The summed E-state index contributed by atoms with van der Waals surface area (Å²) < 4.78 is 19.8. The number of nitrogens with zero attached hydrogens (tertiary/aromatic N) is 4. The number of aromatic nitrogens is 4. The normalized spacial score (nSPS) is 10.5. The Hall–Kier alpha value is -3.29. The van der Waals surface area contributed by atoms with Crippen molar-refractivity contribution in [2.24, 2.45) is 0 Å². The number of benzene rings is 2. The molecule has 0 aliphatic carbocycles. The van der Waals surface area contributed by atoms with Gasteiger partial charge in [0.1, 0.15) is 11.6 Å². The van der Waals surface area contributed by atoms with Crippen molar-refractivity contribution in [2.75, 3.05) is 6.61 Å². The van der Waals surface area contributed by atoms with E-state index in [1.807, 2.05) is 6.92 Å². The summed E-state index contributed by atoms with van der Waals surface area (Å²) >= 11 is 0. The Bertz CT molecular complexity index is 846. The standard InChI is InChI=1S/C17H16FN5O2/c1-2-25-15-9-3-12(4-10-15)17(24)19-11-16-20-21-22-23(16)14-7-5-13(18)6-8-14/h3-10H,2,11H2,1H3,(H,19,24). The minimum absolute atomic E-state index is 0.135. The number of nitrogens with one attached hydrogen (secondary N) is 1. The van der Waals surface area contributed by atoms with Gasteiger partial charge in [-0.25, -0.2) is 4.39 Å². The van der Waals surface area contributed by atoms with E-state index in [9.17, 15) is 9.18 Å². The van der Waals surface area contributed by atoms with E-state index in [-0.39, 0.29) is 18.3 Å². The lowest BCUT2D eigenvalue weighted by atomic mass is 10.2. The quantitative estimate of drug-likeness (QED) is 0.743. The second-order valence-corrected chi connectivity index (χ2v) is 5.12. The summed E-state index contributed by atoms with van der Waals surface area (Å²) in [6, 6.07) is 12.6. The lowest BCUT2D eigenvalue weighted by Gasteiger charge is -2.07. The Labute approximate surface area is 143 Å². The van der Waals surface area contributed by atoms with Crippen molar-refractivity contribution in [3.8, 4) is 11.4 Å². The van der Waals surface area contributed by atoms with Gasteiger partial charge in [0.2, 0.25) is 0 Å². The first-order valence-corrected chi connectivity index (χ1v) is 7.71. The van der Waals surface area contributed by atoms with E-state index in [1.54, 1.807) is 36.4 Å². The van der Waals surface area contributed by atoms with Gasteiger partial charge in [-0.3, -0.25) is 4.79 Å². The highest BCUT2D eigenvalue weighted by Gasteiger charge is 2.11. The zero-order chi connectivity index (χ0) is 17.6. The summed E-state index contributed by atoms with van der Waals surface area (Å²) in [5.74, 6) is 0.545. The number of rotatable bonds is 6. The third kappa shape index (κ3) is 3.97. The van der Waals surface area contributed by atoms with Crippen molar-refractivity contribution in [1.29, 1.82) is 0 Å². The molecule has 128 valence electrons. The van der Waals surface area contributed by atoms with Gasteiger partial charge < -0.3 is 10.1 Å². The minimum Gasteiger partial charge on any atom is -0.494 e. The molecular weight excluding hydrogens is 325 g/mol. The Morgan fingerprint density at radius 2 is 1.88 bits per heavy atom. The summed E-state index contributed by atoms with van der Waals surface area (Å²) in [5.41, 5.74) is 1.11. The van der Waals surface area contributed by atoms with E-state index in [1.165, 1.54) is 16.8 Å². The second kappa shape index (κ2) is 7.52. The molecule has 8 heteroatoms. The zero-order valence-corrected chi connectivity index (χ0v) is 13.5. The van der Waals surface area contributed by atoms with Crippen LogP contribution in [-0.4, -0.2) is 32.7 Å². The number of ether oxygens (including phenoxy) is 1. The molecule has 7 nitrogen and oxygen atoms in total. The zero-order valence-electron chi connectivity index (χ0n) is 13.5. The van der Waals surface area contributed by atoms with Crippen LogP contribution in [0.15, 0.2) is 48.5 Å². The van der Waals surface area contributed by atoms with Crippen LogP contribution in [0.5, 0.6) is 5.75 Å². The molecule has 0 saturated heterocycles. The fourth-order valence-corrected chi connectivity index (χ4v) is 2.23. The van der Waals surface area contributed by atoms with Crippen molar-refractivity contribution >= 4 is 5.91 Å². The van der Waals surface area contributed by atoms with Crippen molar-refractivity contribution in [3.63, 3.8) is 0 Å². The van der Waals surface area contributed by atoms with Crippen molar-refractivity contribution < 1.29 is 13.9 Å². The fourth-order valence-electron chi connectivity index (χ4n) is 2.23. The molecule has 1 N–H and O–H groups in total. The lowest BCUT2D eigenvalue weighted by molar-refractivity contribution is 0.0949. The smallest absolute Gasteiger partial charge is 0.251 e. The molecule has 0 aliphatic heterocycles. The maximum Gasteiger partial charge on any atom is 0.251 e. The van der Waals surface area contributed by atoms with Gasteiger partial charge in [-0.1, -0.05) is 0 Å². The van der Waals surface area contributed by atoms with Gasteiger partial charge in [0.25, 0.3) is 5.91 Å². The second-order valence-electron chi connectivity index (χ2n) is 5.12. The molecule has 1 aromatic heterocycles. The molecule has 1 heterocycles. The summed E-state index contributed by atoms with van der Waals surface area (Å²) in [5, 5.41) is 14.1. The highest BCUT2D eigenvalue weighted by Crippen LogP contribution is 2.12. The van der Waals surface area contributed by atoms with Crippen molar-refractivity contribution in [2.45, 2.75) is 13.5 Å². The van der Waals surface area contributed by atoms with Gasteiger partial charge in [0.15, 0.2) is 5.82 Å².